The Morgan fingerprint density at radius 3 is 1.64 bits per heavy atom. The SMILES string of the molecule is CC(C)(C)OC(=O)Oc1cc2c(cc1/C=C/C(=O)N1CCCCC1)OCO2.O=C(/C=C/c1cc2c(cc1O)OCO2)N1CCCCC1. The average molecular weight is 651 g/mol. The van der Waals surface area contributed by atoms with E-state index in [1.807, 2.05) is 9.80 Å². The van der Waals surface area contributed by atoms with Crippen LogP contribution >= 0.6 is 0 Å². The molecule has 0 saturated carbocycles. The third-order valence-electron chi connectivity index (χ3n) is 7.76. The van der Waals surface area contributed by atoms with E-state index in [0.717, 1.165) is 58.3 Å². The Bertz CT molecular complexity index is 1520. The molecule has 2 aromatic rings. The first-order valence-electron chi connectivity index (χ1n) is 16.0. The van der Waals surface area contributed by atoms with Gasteiger partial charge in [0, 0.05) is 61.6 Å². The zero-order valence-corrected chi connectivity index (χ0v) is 27.1. The molecule has 0 unspecified atom stereocenters. The van der Waals surface area contributed by atoms with Gasteiger partial charge in [-0.2, -0.15) is 0 Å². The normalized spacial score (nSPS) is 17.0. The number of aromatic hydroxyl groups is 1. The molecule has 0 radical (unpaired) electrons. The Labute approximate surface area is 274 Å². The van der Waals surface area contributed by atoms with Gasteiger partial charge in [-0.25, -0.2) is 4.79 Å². The van der Waals surface area contributed by atoms with Gasteiger partial charge in [0.2, 0.25) is 25.4 Å². The summed E-state index contributed by atoms with van der Waals surface area (Å²) in [5.74, 6) is 2.39. The van der Waals surface area contributed by atoms with Crippen LogP contribution in [0.3, 0.4) is 0 Å². The van der Waals surface area contributed by atoms with Gasteiger partial charge in [0.15, 0.2) is 23.0 Å². The van der Waals surface area contributed by atoms with Crippen LogP contribution in [-0.4, -0.2) is 78.2 Å². The number of rotatable bonds is 5. The summed E-state index contributed by atoms with van der Waals surface area (Å²) in [7, 11) is 0. The number of likely N-dealkylation sites (tertiary alicyclic amines) is 2. The molecule has 0 bridgehead atoms. The second kappa shape index (κ2) is 15.1. The van der Waals surface area contributed by atoms with E-state index in [1.54, 1.807) is 51.1 Å². The lowest BCUT2D eigenvalue weighted by atomic mass is 10.1. The van der Waals surface area contributed by atoms with Crippen molar-refractivity contribution in [2.24, 2.45) is 0 Å². The molecule has 0 aromatic heterocycles. The van der Waals surface area contributed by atoms with Gasteiger partial charge in [0.25, 0.3) is 0 Å². The molecule has 2 fully saturated rings. The number of nitrogens with zero attached hydrogens (tertiary/aromatic N) is 2. The molecule has 47 heavy (non-hydrogen) atoms. The summed E-state index contributed by atoms with van der Waals surface area (Å²) >= 11 is 0. The zero-order valence-electron chi connectivity index (χ0n) is 27.1. The summed E-state index contributed by atoms with van der Waals surface area (Å²) in [4.78, 5) is 40.1. The summed E-state index contributed by atoms with van der Waals surface area (Å²) in [6.07, 6.45) is 11.9. The average Bonchev–Trinajstić information content (AvgIpc) is 3.71. The fourth-order valence-corrected chi connectivity index (χ4v) is 5.36. The quantitative estimate of drug-likeness (QED) is 0.237. The van der Waals surface area contributed by atoms with Crippen molar-refractivity contribution < 1.29 is 47.9 Å². The number of amides is 2. The Morgan fingerprint density at radius 2 is 1.13 bits per heavy atom. The highest BCUT2D eigenvalue weighted by atomic mass is 16.7. The molecular formula is C35H42N2O10. The molecule has 0 aliphatic carbocycles. The Kier molecular flexibility index (Phi) is 10.8. The van der Waals surface area contributed by atoms with E-state index in [2.05, 4.69) is 0 Å². The highest BCUT2D eigenvalue weighted by molar-refractivity contribution is 5.93. The van der Waals surface area contributed by atoms with Crippen molar-refractivity contribution in [3.05, 3.63) is 47.5 Å². The number of ether oxygens (including phenoxy) is 6. The summed E-state index contributed by atoms with van der Waals surface area (Å²) in [6, 6.07) is 6.43. The highest BCUT2D eigenvalue weighted by Gasteiger charge is 2.23. The number of phenols is 1. The van der Waals surface area contributed by atoms with Crippen molar-refractivity contribution in [2.75, 3.05) is 39.8 Å². The molecule has 4 aliphatic heterocycles. The van der Waals surface area contributed by atoms with Crippen LogP contribution in [-0.2, 0) is 14.3 Å². The Balaban J connectivity index is 0.000000193. The monoisotopic (exact) mass is 650 g/mol. The molecule has 12 heteroatoms. The minimum absolute atomic E-state index is 0.0123. The van der Waals surface area contributed by atoms with E-state index >= 15 is 0 Å². The highest BCUT2D eigenvalue weighted by Crippen LogP contribution is 2.39. The van der Waals surface area contributed by atoms with Gasteiger partial charge in [-0.3, -0.25) is 9.59 Å². The Hall–Kier alpha value is -4.87. The summed E-state index contributed by atoms with van der Waals surface area (Å²) in [5, 5.41) is 9.89. The largest absolute Gasteiger partial charge is 0.514 e. The molecule has 4 heterocycles. The first kappa shape index (κ1) is 33.5. The number of hydrogen-bond donors (Lipinski definition) is 1. The molecule has 4 aliphatic rings. The van der Waals surface area contributed by atoms with E-state index in [9.17, 15) is 19.5 Å². The maximum atomic E-state index is 12.4. The van der Waals surface area contributed by atoms with E-state index in [0.29, 0.717) is 34.1 Å². The molecule has 252 valence electrons. The van der Waals surface area contributed by atoms with Gasteiger partial charge in [0.05, 0.1) is 0 Å². The van der Waals surface area contributed by atoms with Crippen molar-refractivity contribution in [1.29, 1.82) is 0 Å². The second-order valence-electron chi connectivity index (χ2n) is 12.5. The number of hydrogen-bond acceptors (Lipinski definition) is 10. The lowest BCUT2D eigenvalue weighted by molar-refractivity contribution is -0.127. The van der Waals surface area contributed by atoms with Crippen LogP contribution in [0.15, 0.2) is 36.4 Å². The van der Waals surface area contributed by atoms with Crippen LogP contribution < -0.4 is 23.7 Å². The molecule has 2 saturated heterocycles. The molecule has 0 atom stereocenters. The van der Waals surface area contributed by atoms with Crippen molar-refractivity contribution in [1.82, 2.24) is 9.80 Å². The van der Waals surface area contributed by atoms with E-state index in [4.69, 9.17) is 28.4 Å². The van der Waals surface area contributed by atoms with Gasteiger partial charge in [0.1, 0.15) is 17.1 Å². The van der Waals surface area contributed by atoms with Crippen molar-refractivity contribution in [3.8, 4) is 34.5 Å². The first-order valence-corrected chi connectivity index (χ1v) is 16.0. The van der Waals surface area contributed by atoms with Gasteiger partial charge in [-0.1, -0.05) is 0 Å². The fourth-order valence-electron chi connectivity index (χ4n) is 5.36. The van der Waals surface area contributed by atoms with Crippen LogP contribution in [0.25, 0.3) is 12.2 Å². The zero-order chi connectivity index (χ0) is 33.4. The molecule has 1 N–H and O–H groups in total. The van der Waals surface area contributed by atoms with Crippen LogP contribution in [0.1, 0.15) is 70.4 Å². The molecule has 2 aromatic carbocycles. The molecular weight excluding hydrogens is 608 g/mol. The molecule has 6 rings (SSSR count). The van der Waals surface area contributed by atoms with Crippen LogP contribution in [0, 0.1) is 0 Å². The van der Waals surface area contributed by atoms with E-state index in [1.165, 1.54) is 24.6 Å². The molecule has 0 spiro atoms. The smallest absolute Gasteiger partial charge is 0.507 e. The van der Waals surface area contributed by atoms with Gasteiger partial charge in [-0.15, -0.1) is 0 Å². The number of phenolic OH excluding ortho intramolecular Hbond substituents is 1. The minimum Gasteiger partial charge on any atom is -0.507 e. The fraction of sp³-hybridized carbons (Fsp3) is 0.457. The van der Waals surface area contributed by atoms with Gasteiger partial charge >= 0.3 is 6.16 Å². The van der Waals surface area contributed by atoms with E-state index < -0.39 is 11.8 Å². The summed E-state index contributed by atoms with van der Waals surface area (Å²) < 4.78 is 31.7. The van der Waals surface area contributed by atoms with Crippen LogP contribution in [0.4, 0.5) is 4.79 Å². The van der Waals surface area contributed by atoms with Gasteiger partial charge < -0.3 is 43.3 Å². The number of piperidine rings is 2. The maximum absolute atomic E-state index is 12.4. The summed E-state index contributed by atoms with van der Waals surface area (Å²) in [5.41, 5.74) is 0.420. The third-order valence-corrected chi connectivity index (χ3v) is 7.76. The molecule has 12 nitrogen and oxygen atoms in total. The minimum atomic E-state index is -0.821. The first-order chi connectivity index (χ1) is 22.6. The standard InChI is InChI=1S/C20H25NO6.C15H17NO4/c1-20(2,3)27-19(23)26-15-12-17-16(24-13-25-17)11-14(15)7-8-18(22)21-9-5-4-6-10-21;17-12-9-14-13(19-10-20-14)8-11(12)4-5-15(18)16-6-2-1-3-7-16/h7-8,11-12H,4-6,9-10,13H2,1-3H3;4-5,8-9,17H,1-3,6-7,10H2/b8-7+;5-4+. The van der Waals surface area contributed by atoms with Crippen LogP contribution in [0.2, 0.25) is 0 Å². The van der Waals surface area contributed by atoms with Gasteiger partial charge in [-0.05, 0) is 83.6 Å². The second-order valence-corrected chi connectivity index (χ2v) is 12.5. The topological polar surface area (TPSA) is 133 Å². The van der Waals surface area contributed by atoms with Crippen molar-refractivity contribution >= 4 is 30.1 Å². The molecule has 2 amide bonds. The number of benzene rings is 2. The predicted molar refractivity (Wildman–Crippen MR) is 173 cm³/mol. The van der Waals surface area contributed by atoms with Crippen LogP contribution in [0.5, 0.6) is 34.5 Å². The lowest BCUT2D eigenvalue weighted by Gasteiger charge is -2.25. The number of carbonyl (C=O) groups excluding carboxylic acids is 3. The third kappa shape index (κ3) is 9.34. The predicted octanol–water partition coefficient (Wildman–Crippen LogP) is 5.90. The van der Waals surface area contributed by atoms with E-state index in [-0.39, 0.29) is 36.9 Å². The summed E-state index contributed by atoms with van der Waals surface area (Å²) in [6.45, 7) is 8.70. The van der Waals surface area contributed by atoms with Crippen molar-refractivity contribution in [2.45, 2.75) is 64.9 Å². The Morgan fingerprint density at radius 1 is 0.681 bits per heavy atom. The number of fused-ring (bicyclic) bond motifs is 2. The van der Waals surface area contributed by atoms with Crippen molar-refractivity contribution in [3.63, 3.8) is 0 Å². The lowest BCUT2D eigenvalue weighted by Crippen LogP contribution is -2.34. The maximum Gasteiger partial charge on any atom is 0.514 e. The number of carbonyl (C=O) groups is 3.